The van der Waals surface area contributed by atoms with Crippen LogP contribution in [0.3, 0.4) is 0 Å². The van der Waals surface area contributed by atoms with Crippen LogP contribution in [0, 0.1) is 20.8 Å². The van der Waals surface area contributed by atoms with Gasteiger partial charge in [0.25, 0.3) is 0 Å². The molecule has 0 N–H and O–H groups in total. The molecule has 1 aliphatic rings. The van der Waals surface area contributed by atoms with Crippen molar-refractivity contribution in [3.63, 3.8) is 0 Å². The highest BCUT2D eigenvalue weighted by Crippen LogP contribution is 2.19. The first-order valence-corrected chi connectivity index (χ1v) is 6.16. The number of fused-ring (bicyclic) bond motifs is 1. The van der Waals surface area contributed by atoms with Crippen molar-refractivity contribution in [2.45, 2.75) is 20.8 Å². The standard InChI is InChI=1S/C13H12N2S/c1-7-4-8(2)11-10(5-7)15-12(11)13-14-9(3)6-16-13/h4-6H,1-3H3. The van der Waals surface area contributed by atoms with Crippen LogP contribution in [-0.4, -0.2) is 4.98 Å². The highest BCUT2D eigenvalue weighted by Gasteiger charge is 2.15. The zero-order chi connectivity index (χ0) is 11.3. The summed E-state index contributed by atoms with van der Waals surface area (Å²) in [6, 6.07) is 4.33. The van der Waals surface area contributed by atoms with Gasteiger partial charge in [-0.15, -0.1) is 11.3 Å². The first-order chi connectivity index (χ1) is 7.65. The second-order valence-electron chi connectivity index (χ2n) is 4.23. The number of rotatable bonds is 1. The molecule has 0 amide bonds. The topological polar surface area (TPSA) is 25.2 Å². The molecule has 2 nitrogen and oxygen atoms in total. The zero-order valence-corrected chi connectivity index (χ0v) is 10.4. The number of thiazole rings is 1. The van der Waals surface area contributed by atoms with Crippen molar-refractivity contribution in [3.05, 3.63) is 49.9 Å². The summed E-state index contributed by atoms with van der Waals surface area (Å²) in [7, 11) is 0. The van der Waals surface area contributed by atoms with Gasteiger partial charge in [0.1, 0.15) is 10.7 Å². The van der Waals surface area contributed by atoms with Crippen LogP contribution in [0.4, 0.5) is 0 Å². The largest absolute Gasteiger partial charge is 0.244 e. The van der Waals surface area contributed by atoms with Crippen LogP contribution >= 0.6 is 11.3 Å². The lowest BCUT2D eigenvalue weighted by molar-refractivity contribution is 1.12. The molecule has 16 heavy (non-hydrogen) atoms. The summed E-state index contributed by atoms with van der Waals surface area (Å²) in [5, 5.41) is 5.50. The van der Waals surface area contributed by atoms with Gasteiger partial charge in [-0.05, 0) is 38.0 Å². The SMILES string of the molecule is Cc1cc(C)c2c(c1)=NC=2c1nc(C)cs1. The quantitative estimate of drug-likeness (QED) is 0.731. The van der Waals surface area contributed by atoms with Crippen molar-refractivity contribution in [2.24, 2.45) is 4.99 Å². The number of benzene rings is 1. The Morgan fingerprint density at radius 1 is 1.12 bits per heavy atom. The molecule has 1 aromatic heterocycles. The Kier molecular flexibility index (Phi) is 1.98. The van der Waals surface area contributed by atoms with E-state index in [0.717, 1.165) is 21.8 Å². The Hall–Kier alpha value is -1.48. The Bertz CT molecular complexity index is 695. The molecule has 0 bridgehead atoms. The molecule has 3 rings (SSSR count). The molecule has 1 aromatic carbocycles. The molecule has 0 spiro atoms. The Balaban J connectivity index is 2.27. The van der Waals surface area contributed by atoms with Crippen molar-refractivity contribution < 1.29 is 0 Å². The molecule has 2 aromatic rings. The lowest BCUT2D eigenvalue weighted by atomic mass is 10.0. The predicted octanol–water partition coefficient (Wildman–Crippen LogP) is 1.86. The first-order valence-electron chi connectivity index (χ1n) is 5.28. The van der Waals surface area contributed by atoms with Gasteiger partial charge >= 0.3 is 0 Å². The number of nitrogens with zero attached hydrogens (tertiary/aromatic N) is 2. The molecule has 2 heterocycles. The van der Waals surface area contributed by atoms with E-state index >= 15 is 0 Å². The fourth-order valence-electron chi connectivity index (χ4n) is 2.08. The van der Waals surface area contributed by atoms with Crippen molar-refractivity contribution in [1.29, 1.82) is 0 Å². The van der Waals surface area contributed by atoms with E-state index in [1.807, 2.05) is 6.92 Å². The fourth-order valence-corrected chi connectivity index (χ4v) is 2.87. The minimum Gasteiger partial charge on any atom is -0.244 e. The fraction of sp³-hybridized carbons (Fsp3) is 0.231. The molecule has 0 radical (unpaired) electrons. The third kappa shape index (κ3) is 1.32. The van der Waals surface area contributed by atoms with Crippen LogP contribution in [0.5, 0.6) is 0 Å². The van der Waals surface area contributed by atoms with Gasteiger partial charge in [-0.3, -0.25) is 0 Å². The summed E-state index contributed by atoms with van der Waals surface area (Å²) < 4.78 is 0. The summed E-state index contributed by atoms with van der Waals surface area (Å²) in [6.07, 6.45) is 0. The van der Waals surface area contributed by atoms with Gasteiger partial charge in [0.2, 0.25) is 0 Å². The van der Waals surface area contributed by atoms with E-state index in [1.165, 1.54) is 16.3 Å². The lowest BCUT2D eigenvalue weighted by Gasteiger charge is -2.10. The Morgan fingerprint density at radius 3 is 2.56 bits per heavy atom. The first kappa shape index (κ1) is 9.73. The minimum atomic E-state index is 1.04. The van der Waals surface area contributed by atoms with Crippen LogP contribution in [0.1, 0.15) is 21.8 Å². The van der Waals surface area contributed by atoms with Crippen LogP contribution in [0.15, 0.2) is 22.5 Å². The number of aryl methyl sites for hydroxylation is 3. The zero-order valence-electron chi connectivity index (χ0n) is 9.53. The average molecular weight is 228 g/mol. The highest BCUT2D eigenvalue weighted by molar-refractivity contribution is 7.10. The Labute approximate surface area is 98.0 Å². The maximum atomic E-state index is 4.55. The number of hydrogen-bond acceptors (Lipinski definition) is 3. The van der Waals surface area contributed by atoms with Gasteiger partial charge in [0.15, 0.2) is 0 Å². The van der Waals surface area contributed by atoms with E-state index in [2.05, 4.69) is 41.3 Å². The van der Waals surface area contributed by atoms with Crippen molar-refractivity contribution in [2.75, 3.05) is 0 Å². The second-order valence-corrected chi connectivity index (χ2v) is 5.09. The minimum absolute atomic E-state index is 1.04. The lowest BCUT2D eigenvalue weighted by Crippen LogP contribution is -2.37. The van der Waals surface area contributed by atoms with Gasteiger partial charge < -0.3 is 0 Å². The van der Waals surface area contributed by atoms with Gasteiger partial charge in [0.05, 0.1) is 5.36 Å². The van der Waals surface area contributed by atoms with Gasteiger partial charge in [-0.1, -0.05) is 6.07 Å². The third-order valence-corrected chi connectivity index (χ3v) is 3.72. The molecule has 80 valence electrons. The smallest absolute Gasteiger partial charge is 0.142 e. The number of hydrogen-bond donors (Lipinski definition) is 0. The van der Waals surface area contributed by atoms with E-state index in [9.17, 15) is 0 Å². The molecule has 0 saturated heterocycles. The van der Waals surface area contributed by atoms with Crippen LogP contribution < -0.4 is 10.6 Å². The van der Waals surface area contributed by atoms with E-state index in [4.69, 9.17) is 0 Å². The van der Waals surface area contributed by atoms with E-state index in [0.29, 0.717) is 0 Å². The van der Waals surface area contributed by atoms with Gasteiger partial charge in [0, 0.05) is 16.3 Å². The third-order valence-electron chi connectivity index (χ3n) is 2.75. The predicted molar refractivity (Wildman–Crippen MR) is 66.1 cm³/mol. The maximum absolute atomic E-state index is 4.55. The molecule has 0 fully saturated rings. The van der Waals surface area contributed by atoms with E-state index in [-0.39, 0.29) is 0 Å². The molecule has 1 aliphatic heterocycles. The maximum Gasteiger partial charge on any atom is 0.142 e. The normalized spacial score (nSPS) is 13.1. The van der Waals surface area contributed by atoms with Gasteiger partial charge in [-0.25, -0.2) is 9.98 Å². The molecular formula is C13H12N2S. The number of aromatic nitrogens is 1. The summed E-state index contributed by atoms with van der Waals surface area (Å²) in [5.41, 5.74) is 4.70. The molecule has 0 saturated carbocycles. The van der Waals surface area contributed by atoms with E-state index < -0.39 is 0 Å². The Morgan fingerprint density at radius 2 is 1.94 bits per heavy atom. The summed E-state index contributed by atoms with van der Waals surface area (Å²) in [6.45, 7) is 6.26. The summed E-state index contributed by atoms with van der Waals surface area (Å²) in [5.74, 6) is 0. The molecule has 0 atom stereocenters. The second kappa shape index (κ2) is 3.25. The monoisotopic (exact) mass is 228 g/mol. The van der Waals surface area contributed by atoms with Crippen molar-refractivity contribution >= 4 is 17.0 Å². The summed E-state index contributed by atoms with van der Waals surface area (Å²) in [4.78, 5) is 9.04. The molecular weight excluding hydrogens is 216 g/mol. The molecule has 0 unspecified atom stereocenters. The van der Waals surface area contributed by atoms with Crippen LogP contribution in [-0.2, 0) is 0 Å². The van der Waals surface area contributed by atoms with Crippen molar-refractivity contribution in [1.82, 2.24) is 4.98 Å². The van der Waals surface area contributed by atoms with Crippen LogP contribution in [0.25, 0.3) is 5.70 Å². The average Bonchev–Trinajstić information content (AvgIpc) is 2.56. The van der Waals surface area contributed by atoms with E-state index in [1.54, 1.807) is 11.3 Å². The van der Waals surface area contributed by atoms with Gasteiger partial charge in [-0.2, -0.15) is 0 Å². The molecule has 0 aliphatic carbocycles. The molecule has 3 heteroatoms. The van der Waals surface area contributed by atoms with Crippen LogP contribution in [0.2, 0.25) is 0 Å². The van der Waals surface area contributed by atoms with Crippen molar-refractivity contribution in [3.8, 4) is 0 Å². The summed E-state index contributed by atoms with van der Waals surface area (Å²) >= 11 is 1.67. The highest BCUT2D eigenvalue weighted by atomic mass is 32.1.